The molecule has 0 aliphatic heterocycles. The Bertz CT molecular complexity index is 188. The van der Waals surface area contributed by atoms with Gasteiger partial charge in [0.05, 0.1) is 0 Å². The van der Waals surface area contributed by atoms with Gasteiger partial charge in [-0.15, -0.1) is 0 Å². The third-order valence-electron chi connectivity index (χ3n) is 2.24. The summed E-state index contributed by atoms with van der Waals surface area (Å²) in [7, 11) is 2.18. The maximum Gasteiger partial charge on any atom is 0.503 e. The molecule has 90 valence electrons. The lowest BCUT2D eigenvalue weighted by molar-refractivity contribution is -0.110. The predicted octanol–water partition coefficient (Wildman–Crippen LogP) is 1.92. The van der Waals surface area contributed by atoms with Crippen LogP contribution in [0.15, 0.2) is 0 Å². The molecule has 0 spiro atoms. The largest absolute Gasteiger partial charge is 0.503 e. The summed E-state index contributed by atoms with van der Waals surface area (Å²) in [6.07, 6.45) is 0.554. The van der Waals surface area contributed by atoms with Gasteiger partial charge in [0.1, 0.15) is 0 Å². The van der Waals surface area contributed by atoms with Crippen LogP contribution in [0.2, 0.25) is 5.54 Å². The average molecular weight is 252 g/mol. The molecule has 6 heteroatoms. The van der Waals surface area contributed by atoms with Crippen molar-refractivity contribution in [2.24, 2.45) is 0 Å². The summed E-state index contributed by atoms with van der Waals surface area (Å²) in [5.41, 5.74) is 0.109. The van der Waals surface area contributed by atoms with Crippen molar-refractivity contribution in [3.63, 3.8) is 0 Å². The van der Waals surface area contributed by atoms with Gasteiger partial charge >= 0.3 is 8.80 Å². The minimum absolute atomic E-state index is 0.109. The SMILES string of the molecule is CCC(=O)SCC(C)[Si](OC)(OC)OC. The molecule has 0 rings (SSSR count). The highest BCUT2D eigenvalue weighted by Gasteiger charge is 2.44. The molecule has 0 aliphatic rings. The molecule has 0 N–H and O–H groups in total. The molecule has 0 bridgehead atoms. The highest BCUT2D eigenvalue weighted by Crippen LogP contribution is 2.27. The molecule has 0 amide bonds. The Balaban J connectivity index is 4.26. The van der Waals surface area contributed by atoms with Gasteiger partial charge in [-0.25, -0.2) is 0 Å². The van der Waals surface area contributed by atoms with Crippen molar-refractivity contribution < 1.29 is 18.1 Å². The van der Waals surface area contributed by atoms with Crippen molar-refractivity contribution in [3.8, 4) is 0 Å². The Kier molecular flexibility index (Phi) is 7.46. The fourth-order valence-electron chi connectivity index (χ4n) is 1.28. The van der Waals surface area contributed by atoms with E-state index in [1.54, 1.807) is 21.3 Å². The molecule has 0 aromatic carbocycles. The fraction of sp³-hybridized carbons (Fsp3) is 0.889. The normalized spacial score (nSPS) is 13.9. The standard InChI is InChI=1S/C9H20O4SSi/c1-6-9(10)14-7-8(2)15(11-3,12-4)13-5/h8H,6-7H2,1-5H3. The monoisotopic (exact) mass is 252 g/mol. The van der Waals surface area contributed by atoms with Crippen molar-refractivity contribution >= 4 is 25.7 Å². The van der Waals surface area contributed by atoms with Gasteiger partial charge in [-0.3, -0.25) is 4.79 Å². The van der Waals surface area contributed by atoms with Crippen molar-refractivity contribution in [1.29, 1.82) is 0 Å². The van der Waals surface area contributed by atoms with E-state index in [2.05, 4.69) is 0 Å². The first-order valence-electron chi connectivity index (χ1n) is 4.87. The van der Waals surface area contributed by atoms with Crippen LogP contribution in [0.4, 0.5) is 0 Å². The Morgan fingerprint density at radius 3 is 2.07 bits per heavy atom. The Hall–Kier alpha value is 0.117. The van der Waals surface area contributed by atoms with Gasteiger partial charge in [0.2, 0.25) is 0 Å². The number of rotatable bonds is 7. The van der Waals surface area contributed by atoms with Gasteiger partial charge in [-0.1, -0.05) is 25.6 Å². The summed E-state index contributed by atoms with van der Waals surface area (Å²) in [5, 5.41) is 0.188. The quantitative estimate of drug-likeness (QED) is 0.648. The van der Waals surface area contributed by atoms with Crippen LogP contribution >= 0.6 is 11.8 Å². The van der Waals surface area contributed by atoms with Crippen molar-refractivity contribution in [2.75, 3.05) is 27.1 Å². The molecule has 1 atom stereocenters. The lowest BCUT2D eigenvalue weighted by atomic mass is 10.5. The molecule has 0 aliphatic carbocycles. The van der Waals surface area contributed by atoms with Gasteiger partial charge in [0.15, 0.2) is 5.12 Å². The number of hydrogen-bond acceptors (Lipinski definition) is 5. The fourth-order valence-corrected chi connectivity index (χ4v) is 4.69. The van der Waals surface area contributed by atoms with E-state index < -0.39 is 8.80 Å². The molecule has 0 heterocycles. The first-order valence-corrected chi connectivity index (χ1v) is 7.66. The summed E-state index contributed by atoms with van der Waals surface area (Å²) in [6, 6.07) is 0. The second-order valence-corrected chi connectivity index (χ2v) is 7.65. The van der Waals surface area contributed by atoms with E-state index in [1.807, 2.05) is 13.8 Å². The zero-order chi connectivity index (χ0) is 11.9. The molecule has 4 nitrogen and oxygen atoms in total. The highest BCUT2D eigenvalue weighted by atomic mass is 32.2. The van der Waals surface area contributed by atoms with Crippen LogP contribution in [0.1, 0.15) is 20.3 Å². The van der Waals surface area contributed by atoms with Gasteiger partial charge in [-0.2, -0.15) is 0 Å². The second kappa shape index (κ2) is 7.40. The van der Waals surface area contributed by atoms with Crippen molar-refractivity contribution in [2.45, 2.75) is 25.8 Å². The molecule has 0 radical (unpaired) electrons. The number of thioether (sulfide) groups is 1. The van der Waals surface area contributed by atoms with E-state index in [-0.39, 0.29) is 10.7 Å². The van der Waals surface area contributed by atoms with Crippen LogP contribution < -0.4 is 0 Å². The third-order valence-corrected chi connectivity index (χ3v) is 6.93. The maximum atomic E-state index is 11.2. The van der Waals surface area contributed by atoms with Gasteiger partial charge in [0.25, 0.3) is 0 Å². The van der Waals surface area contributed by atoms with E-state index in [4.69, 9.17) is 13.3 Å². The predicted molar refractivity (Wildman–Crippen MR) is 64.0 cm³/mol. The van der Waals surface area contributed by atoms with Gasteiger partial charge < -0.3 is 13.3 Å². The summed E-state index contributed by atoms with van der Waals surface area (Å²) in [6.45, 7) is 3.84. The topological polar surface area (TPSA) is 44.8 Å². The van der Waals surface area contributed by atoms with E-state index in [1.165, 1.54) is 11.8 Å². The Morgan fingerprint density at radius 1 is 1.27 bits per heavy atom. The second-order valence-electron chi connectivity index (χ2n) is 3.15. The van der Waals surface area contributed by atoms with Gasteiger partial charge in [-0.05, 0) is 0 Å². The number of carbonyl (C=O) groups excluding carboxylic acids is 1. The molecular weight excluding hydrogens is 232 g/mol. The van der Waals surface area contributed by atoms with Crippen LogP contribution in [0, 0.1) is 0 Å². The Labute approximate surface area is 97.0 Å². The maximum absolute atomic E-state index is 11.2. The van der Waals surface area contributed by atoms with Crippen molar-refractivity contribution in [3.05, 3.63) is 0 Å². The summed E-state index contributed by atoms with van der Waals surface area (Å²) < 4.78 is 16.0. The first kappa shape index (κ1) is 15.1. The van der Waals surface area contributed by atoms with Gasteiger partial charge in [0, 0.05) is 39.0 Å². The van der Waals surface area contributed by atoms with Crippen LogP contribution in [-0.4, -0.2) is 41.0 Å². The van der Waals surface area contributed by atoms with E-state index >= 15 is 0 Å². The highest BCUT2D eigenvalue weighted by molar-refractivity contribution is 8.13. The third kappa shape index (κ3) is 4.24. The van der Waals surface area contributed by atoms with Crippen molar-refractivity contribution in [1.82, 2.24) is 0 Å². The van der Waals surface area contributed by atoms with E-state index in [9.17, 15) is 4.79 Å². The number of hydrogen-bond donors (Lipinski definition) is 0. The van der Waals surface area contributed by atoms with Crippen LogP contribution in [0.5, 0.6) is 0 Å². The number of carbonyl (C=O) groups is 1. The molecule has 0 aromatic rings. The smallest absolute Gasteiger partial charge is 0.377 e. The van der Waals surface area contributed by atoms with Crippen LogP contribution in [-0.2, 0) is 18.1 Å². The average Bonchev–Trinajstić information content (AvgIpc) is 2.28. The minimum atomic E-state index is -2.57. The van der Waals surface area contributed by atoms with Crippen LogP contribution in [0.25, 0.3) is 0 Å². The molecule has 0 aromatic heterocycles. The molecule has 15 heavy (non-hydrogen) atoms. The summed E-state index contributed by atoms with van der Waals surface area (Å²) >= 11 is 1.31. The molecule has 0 saturated heterocycles. The van der Waals surface area contributed by atoms with Crippen LogP contribution in [0.3, 0.4) is 0 Å². The molecular formula is C9H20O4SSi. The molecule has 1 unspecified atom stereocenters. The minimum Gasteiger partial charge on any atom is -0.377 e. The summed E-state index contributed by atoms with van der Waals surface area (Å²) in [5.74, 6) is 0.675. The first-order chi connectivity index (χ1) is 7.06. The zero-order valence-electron chi connectivity index (χ0n) is 10.0. The van der Waals surface area contributed by atoms with E-state index in [0.717, 1.165) is 0 Å². The lowest BCUT2D eigenvalue weighted by Gasteiger charge is -2.29. The Morgan fingerprint density at radius 2 is 1.73 bits per heavy atom. The molecule has 0 saturated carbocycles. The summed E-state index contributed by atoms with van der Waals surface area (Å²) in [4.78, 5) is 11.2. The molecule has 0 fully saturated rings. The lowest BCUT2D eigenvalue weighted by Crippen LogP contribution is -2.47. The zero-order valence-corrected chi connectivity index (χ0v) is 11.8. The van der Waals surface area contributed by atoms with E-state index in [0.29, 0.717) is 12.2 Å².